The Kier molecular flexibility index (Phi) is 10.9. The third-order valence-electron chi connectivity index (χ3n) is 4.85. The highest BCUT2D eigenvalue weighted by atomic mass is 32.2. The van der Waals surface area contributed by atoms with Crippen LogP contribution >= 0.6 is 24.4 Å². The number of halogens is 3. The number of hydrogen-bond donors (Lipinski definition) is 1. The molecule has 0 radical (unpaired) electrons. The van der Waals surface area contributed by atoms with Crippen LogP contribution in [0, 0.1) is 20.2 Å². The molecule has 15 heteroatoms. The smallest absolute Gasteiger partial charge is 0.416 e. The first-order valence-corrected chi connectivity index (χ1v) is 11.9. The Bertz CT molecular complexity index is 1380. The quantitative estimate of drug-likeness (QED) is 0.110. The maximum Gasteiger partial charge on any atom is 0.416 e. The van der Waals surface area contributed by atoms with E-state index in [1.165, 1.54) is 50.6 Å². The highest BCUT2D eigenvalue weighted by molar-refractivity contribution is 7.98. The van der Waals surface area contributed by atoms with E-state index in [4.69, 9.17) is 0 Å². The van der Waals surface area contributed by atoms with Gasteiger partial charge in [0.25, 0.3) is 11.4 Å². The molecule has 0 aliphatic carbocycles. The topological polar surface area (TPSA) is 139 Å². The molecule has 0 N–H and O–H groups in total. The molecule has 0 heterocycles. The van der Waals surface area contributed by atoms with Gasteiger partial charge in [0.05, 0.1) is 50.5 Å². The van der Waals surface area contributed by atoms with E-state index in [0.717, 1.165) is 36.0 Å². The standard InChI is InChI=1S/C16H12F3NO4S.C8H7NO4S/c1-24-15(21)11-4-7-14(13(8-11)20(22)23)25-9-10-2-5-12(6-3-10)16(17,18)19;1-13-8(10)5-2-3-7(14)6(4-5)9(11)12/h2-8H,9H2,1H3;2-4,14H,1H3. The van der Waals surface area contributed by atoms with Crippen molar-refractivity contribution in [3.63, 3.8) is 0 Å². The molecule has 10 nitrogen and oxygen atoms in total. The van der Waals surface area contributed by atoms with Gasteiger partial charge in [-0.25, -0.2) is 9.59 Å². The summed E-state index contributed by atoms with van der Waals surface area (Å²) in [5.74, 6) is -1.06. The minimum absolute atomic E-state index is 0.0491. The molecule has 0 bridgehead atoms. The number of methoxy groups -OCH3 is 2. The number of nitrogens with zero attached hydrogens (tertiary/aromatic N) is 2. The molecular weight excluding hydrogens is 565 g/mol. The van der Waals surface area contributed by atoms with Gasteiger partial charge in [-0.3, -0.25) is 20.2 Å². The lowest BCUT2D eigenvalue weighted by molar-refractivity contribution is -0.387. The first kappa shape index (κ1) is 31.1. The summed E-state index contributed by atoms with van der Waals surface area (Å²) in [4.78, 5) is 43.4. The van der Waals surface area contributed by atoms with Crippen molar-refractivity contribution < 1.29 is 42.1 Å². The highest BCUT2D eigenvalue weighted by Crippen LogP contribution is 2.34. The van der Waals surface area contributed by atoms with Gasteiger partial charge in [0.15, 0.2) is 0 Å². The van der Waals surface area contributed by atoms with Gasteiger partial charge in [-0.05, 0) is 42.0 Å². The van der Waals surface area contributed by atoms with Gasteiger partial charge in [0.1, 0.15) is 0 Å². The van der Waals surface area contributed by atoms with Crippen molar-refractivity contribution in [3.8, 4) is 0 Å². The van der Waals surface area contributed by atoms with E-state index in [2.05, 4.69) is 22.1 Å². The number of esters is 2. The largest absolute Gasteiger partial charge is 0.465 e. The normalized spacial score (nSPS) is 10.6. The van der Waals surface area contributed by atoms with Crippen LogP contribution in [-0.2, 0) is 21.4 Å². The van der Waals surface area contributed by atoms with Gasteiger partial charge in [-0.2, -0.15) is 13.2 Å². The average Bonchev–Trinajstić information content (AvgIpc) is 2.91. The molecule has 0 saturated heterocycles. The Labute approximate surface area is 228 Å². The van der Waals surface area contributed by atoms with Crippen LogP contribution in [0.1, 0.15) is 31.8 Å². The maximum atomic E-state index is 12.5. The Morgan fingerprint density at radius 2 is 1.33 bits per heavy atom. The molecule has 0 spiro atoms. The summed E-state index contributed by atoms with van der Waals surface area (Å²) in [6.07, 6.45) is -4.41. The number of thiol groups is 1. The van der Waals surface area contributed by atoms with E-state index in [0.29, 0.717) is 10.5 Å². The second-order valence-corrected chi connectivity index (χ2v) is 8.87. The summed E-state index contributed by atoms with van der Waals surface area (Å²) < 4.78 is 46.5. The third kappa shape index (κ3) is 8.71. The summed E-state index contributed by atoms with van der Waals surface area (Å²) in [7, 11) is 2.38. The number of ether oxygens (including phenoxy) is 2. The van der Waals surface area contributed by atoms with Crippen molar-refractivity contribution in [1.29, 1.82) is 0 Å². The van der Waals surface area contributed by atoms with Crippen LogP contribution < -0.4 is 0 Å². The Morgan fingerprint density at radius 1 is 0.846 bits per heavy atom. The Morgan fingerprint density at radius 3 is 1.79 bits per heavy atom. The summed E-state index contributed by atoms with van der Waals surface area (Å²) in [6.45, 7) is 0. The summed E-state index contributed by atoms with van der Waals surface area (Å²) in [6, 6.07) is 12.4. The van der Waals surface area contributed by atoms with Crippen molar-refractivity contribution in [2.45, 2.75) is 21.7 Å². The lowest BCUT2D eigenvalue weighted by Gasteiger charge is -2.08. The molecule has 39 heavy (non-hydrogen) atoms. The number of thioether (sulfide) groups is 1. The van der Waals surface area contributed by atoms with Crippen molar-refractivity contribution in [2.24, 2.45) is 0 Å². The molecule has 3 aromatic carbocycles. The van der Waals surface area contributed by atoms with E-state index in [1.807, 2.05) is 0 Å². The molecule has 0 saturated carbocycles. The summed E-state index contributed by atoms with van der Waals surface area (Å²) in [5.41, 5.74) is -0.458. The predicted molar refractivity (Wildman–Crippen MR) is 137 cm³/mol. The Balaban J connectivity index is 0.000000322. The number of hydrogen-bond acceptors (Lipinski definition) is 10. The molecule has 0 aliphatic rings. The number of carbonyl (C=O) groups is 2. The fourth-order valence-electron chi connectivity index (χ4n) is 2.89. The minimum atomic E-state index is -4.41. The van der Waals surface area contributed by atoms with Crippen LogP contribution in [0.25, 0.3) is 0 Å². The van der Waals surface area contributed by atoms with E-state index < -0.39 is 33.5 Å². The predicted octanol–water partition coefficient (Wildman–Crippen LogP) is 6.36. The fourth-order valence-corrected chi connectivity index (χ4v) is 4.07. The lowest BCUT2D eigenvalue weighted by Crippen LogP contribution is -2.04. The second-order valence-electron chi connectivity index (χ2n) is 7.37. The van der Waals surface area contributed by atoms with E-state index in [-0.39, 0.29) is 33.2 Å². The number of nitro benzene ring substituents is 2. The molecule has 0 aliphatic heterocycles. The van der Waals surface area contributed by atoms with Gasteiger partial charge < -0.3 is 9.47 Å². The van der Waals surface area contributed by atoms with Crippen molar-refractivity contribution in [3.05, 3.63) is 103 Å². The molecule has 3 rings (SSSR count). The van der Waals surface area contributed by atoms with Gasteiger partial charge in [0, 0.05) is 17.9 Å². The van der Waals surface area contributed by atoms with Crippen molar-refractivity contribution in [2.75, 3.05) is 14.2 Å². The molecule has 0 aromatic heterocycles. The SMILES string of the molecule is COC(=O)c1ccc(S)c([N+](=O)[O-])c1.COC(=O)c1ccc(SCc2ccc(C(F)(F)F)cc2)c([N+](=O)[O-])c1. The van der Waals surface area contributed by atoms with E-state index >= 15 is 0 Å². The molecule has 0 unspecified atom stereocenters. The molecule has 0 atom stereocenters. The summed E-state index contributed by atoms with van der Waals surface area (Å²) >= 11 is 4.98. The number of carbonyl (C=O) groups excluding carboxylic acids is 2. The zero-order valence-electron chi connectivity index (χ0n) is 20.1. The highest BCUT2D eigenvalue weighted by Gasteiger charge is 2.30. The third-order valence-corrected chi connectivity index (χ3v) is 6.36. The number of rotatable bonds is 7. The van der Waals surface area contributed by atoms with Gasteiger partial charge in [0.2, 0.25) is 0 Å². The first-order valence-electron chi connectivity index (χ1n) is 10.5. The zero-order valence-corrected chi connectivity index (χ0v) is 21.8. The molecule has 206 valence electrons. The number of nitro groups is 2. The molecule has 0 fully saturated rings. The van der Waals surface area contributed by atoms with Crippen LogP contribution in [0.3, 0.4) is 0 Å². The lowest BCUT2D eigenvalue weighted by atomic mass is 10.1. The van der Waals surface area contributed by atoms with Crippen LogP contribution in [0.5, 0.6) is 0 Å². The molecule has 3 aromatic rings. The van der Waals surface area contributed by atoms with Crippen LogP contribution in [0.15, 0.2) is 70.5 Å². The summed E-state index contributed by atoms with van der Waals surface area (Å²) in [5, 5.41) is 21.7. The zero-order chi connectivity index (χ0) is 29.3. The number of alkyl halides is 3. The van der Waals surface area contributed by atoms with Gasteiger partial charge in [-0.1, -0.05) is 12.1 Å². The second kappa shape index (κ2) is 13.6. The van der Waals surface area contributed by atoms with Crippen LogP contribution in [0.4, 0.5) is 24.5 Å². The fraction of sp³-hybridized carbons (Fsp3) is 0.167. The molecular formula is C24H19F3N2O8S2. The minimum Gasteiger partial charge on any atom is -0.465 e. The van der Waals surface area contributed by atoms with Crippen molar-refractivity contribution >= 4 is 47.7 Å². The first-order chi connectivity index (χ1) is 18.3. The average molecular weight is 585 g/mol. The van der Waals surface area contributed by atoms with Gasteiger partial charge in [-0.15, -0.1) is 24.4 Å². The Hall–Kier alpha value is -4.11. The maximum absolute atomic E-state index is 12.5. The van der Waals surface area contributed by atoms with E-state index in [1.54, 1.807) is 0 Å². The van der Waals surface area contributed by atoms with E-state index in [9.17, 15) is 43.0 Å². The van der Waals surface area contributed by atoms with Gasteiger partial charge >= 0.3 is 18.1 Å². The van der Waals surface area contributed by atoms with Crippen LogP contribution in [0.2, 0.25) is 0 Å². The van der Waals surface area contributed by atoms with Crippen LogP contribution in [-0.4, -0.2) is 36.0 Å². The molecule has 0 amide bonds. The monoisotopic (exact) mass is 584 g/mol. The number of benzene rings is 3. The van der Waals surface area contributed by atoms with Crippen molar-refractivity contribution in [1.82, 2.24) is 0 Å².